The van der Waals surface area contributed by atoms with Crippen molar-refractivity contribution in [3.05, 3.63) is 83.0 Å². The van der Waals surface area contributed by atoms with Gasteiger partial charge in [0.1, 0.15) is 11.7 Å². The van der Waals surface area contributed by atoms with Gasteiger partial charge in [0.25, 0.3) is 11.4 Å². The highest BCUT2D eigenvalue weighted by molar-refractivity contribution is 5.82. The Hall–Kier alpha value is -4.47. The number of carboxylic acid groups (broad SMARTS) is 1. The molecule has 1 atom stereocenters. The molecule has 0 saturated heterocycles. The first-order chi connectivity index (χ1) is 17.5. The number of benzene rings is 1. The molecule has 0 amide bonds. The van der Waals surface area contributed by atoms with Crippen LogP contribution >= 0.6 is 0 Å². The summed E-state index contributed by atoms with van der Waals surface area (Å²) in [6, 6.07) is 8.30. The summed E-state index contributed by atoms with van der Waals surface area (Å²) in [6.07, 6.45) is 9.49. The van der Waals surface area contributed by atoms with Gasteiger partial charge < -0.3 is 9.63 Å². The Morgan fingerprint density at radius 2 is 1.97 bits per heavy atom. The third-order valence-electron chi connectivity index (χ3n) is 5.99. The molecular formula is C26H22FN5O4. The predicted octanol–water partition coefficient (Wildman–Crippen LogP) is 4.66. The zero-order chi connectivity index (χ0) is 25.1. The third kappa shape index (κ3) is 4.83. The lowest BCUT2D eigenvalue weighted by Crippen LogP contribution is -2.29. The number of unbranched alkanes of at least 4 members (excludes halogenated alkanes) is 1. The lowest BCUT2D eigenvalue weighted by atomic mass is 10.1. The molecule has 0 bridgehead atoms. The number of allylic oxidation sites excluding steroid dienone is 4. The summed E-state index contributed by atoms with van der Waals surface area (Å²) >= 11 is 0. The molecule has 9 nitrogen and oxygen atoms in total. The van der Waals surface area contributed by atoms with E-state index in [2.05, 4.69) is 15.1 Å². The largest absolute Gasteiger partial charge is 0.481 e. The Bertz CT molecular complexity index is 1540. The average Bonchev–Trinajstić information content (AvgIpc) is 3.38. The van der Waals surface area contributed by atoms with E-state index in [0.29, 0.717) is 59.7 Å². The SMILES string of the molecule is O=C(O)CCCCc1nc2cc(-c3noc(-c4ccncc4)n3)ccc2c(=O)n1C1C=CC(F)=CC1. The number of hydrogen-bond acceptors (Lipinski definition) is 7. The van der Waals surface area contributed by atoms with E-state index >= 15 is 0 Å². The zero-order valence-corrected chi connectivity index (χ0v) is 19.2. The minimum atomic E-state index is -0.870. The first-order valence-electron chi connectivity index (χ1n) is 11.5. The van der Waals surface area contributed by atoms with Crippen LogP contribution in [-0.2, 0) is 11.2 Å². The Balaban J connectivity index is 1.53. The zero-order valence-electron chi connectivity index (χ0n) is 19.2. The van der Waals surface area contributed by atoms with E-state index in [1.54, 1.807) is 53.4 Å². The minimum Gasteiger partial charge on any atom is -0.481 e. The first-order valence-corrected chi connectivity index (χ1v) is 11.5. The number of halogens is 1. The minimum absolute atomic E-state index is 0.0386. The fraction of sp³-hybridized carbons (Fsp3) is 0.231. The van der Waals surface area contributed by atoms with E-state index in [1.165, 1.54) is 12.2 Å². The maximum atomic E-state index is 13.6. The second-order valence-electron chi connectivity index (χ2n) is 8.45. The van der Waals surface area contributed by atoms with Gasteiger partial charge in [-0.25, -0.2) is 9.37 Å². The van der Waals surface area contributed by atoms with Crippen molar-refractivity contribution in [2.75, 3.05) is 0 Å². The molecule has 1 aliphatic rings. The molecule has 182 valence electrons. The van der Waals surface area contributed by atoms with Crippen molar-refractivity contribution in [3.63, 3.8) is 0 Å². The molecule has 5 rings (SSSR count). The number of aliphatic carboxylic acids is 1. The fourth-order valence-electron chi connectivity index (χ4n) is 4.19. The van der Waals surface area contributed by atoms with Gasteiger partial charge in [-0.15, -0.1) is 0 Å². The van der Waals surface area contributed by atoms with Crippen LogP contribution in [0, 0.1) is 0 Å². The summed E-state index contributed by atoms with van der Waals surface area (Å²) in [7, 11) is 0. The van der Waals surface area contributed by atoms with Crippen molar-refractivity contribution in [1.82, 2.24) is 24.7 Å². The molecule has 0 saturated carbocycles. The van der Waals surface area contributed by atoms with Crippen LogP contribution < -0.4 is 5.56 Å². The molecule has 0 radical (unpaired) electrons. The highest BCUT2D eigenvalue weighted by Crippen LogP contribution is 2.26. The monoisotopic (exact) mass is 487 g/mol. The molecule has 3 aromatic heterocycles. The maximum absolute atomic E-state index is 13.6. The van der Waals surface area contributed by atoms with Crippen molar-refractivity contribution >= 4 is 16.9 Å². The van der Waals surface area contributed by atoms with E-state index < -0.39 is 5.97 Å². The highest BCUT2D eigenvalue weighted by Gasteiger charge is 2.20. The standard InChI is InChI=1S/C26H22FN5O4/c27-18-6-8-19(9-7-18)32-22(3-1-2-4-23(33)34)29-21-15-17(5-10-20(21)26(32)35)24-30-25(36-31-24)16-11-13-28-14-12-16/h5-8,10-15,19H,1-4,9H2,(H,33,34). The summed E-state index contributed by atoms with van der Waals surface area (Å²) in [5, 5.41) is 13.4. The van der Waals surface area contributed by atoms with Gasteiger partial charge in [0.15, 0.2) is 0 Å². The van der Waals surface area contributed by atoms with Gasteiger partial charge in [-0.1, -0.05) is 17.3 Å². The molecule has 10 heteroatoms. The van der Waals surface area contributed by atoms with E-state index in [1.807, 2.05) is 0 Å². The second kappa shape index (κ2) is 10.0. The summed E-state index contributed by atoms with van der Waals surface area (Å²) in [4.78, 5) is 37.6. The van der Waals surface area contributed by atoms with Crippen molar-refractivity contribution in [2.45, 2.75) is 38.1 Å². The average molecular weight is 487 g/mol. The Kier molecular flexibility index (Phi) is 6.48. The molecule has 1 aliphatic carbocycles. The van der Waals surface area contributed by atoms with Crippen LogP contribution in [0.2, 0.25) is 0 Å². The molecule has 3 heterocycles. The quantitative estimate of drug-likeness (QED) is 0.356. The second-order valence-corrected chi connectivity index (χ2v) is 8.45. The molecule has 1 aromatic carbocycles. The molecule has 1 unspecified atom stereocenters. The molecule has 4 aromatic rings. The number of aryl methyl sites for hydroxylation is 1. The van der Waals surface area contributed by atoms with Crippen LogP contribution in [0.25, 0.3) is 33.7 Å². The topological polar surface area (TPSA) is 124 Å². The summed E-state index contributed by atoms with van der Waals surface area (Å²) < 4.78 is 20.5. The van der Waals surface area contributed by atoms with Gasteiger partial charge >= 0.3 is 5.97 Å². The Labute approximate surface area is 204 Å². The third-order valence-corrected chi connectivity index (χ3v) is 5.99. The Morgan fingerprint density at radius 1 is 1.14 bits per heavy atom. The first kappa shape index (κ1) is 23.3. The number of fused-ring (bicyclic) bond motifs is 1. The molecule has 36 heavy (non-hydrogen) atoms. The smallest absolute Gasteiger partial charge is 0.303 e. The van der Waals surface area contributed by atoms with Crippen LogP contribution in [0.15, 0.2) is 76.1 Å². The normalized spacial score (nSPS) is 15.2. The van der Waals surface area contributed by atoms with Crippen LogP contribution in [0.4, 0.5) is 4.39 Å². The van der Waals surface area contributed by atoms with Crippen LogP contribution in [0.3, 0.4) is 0 Å². The fourth-order valence-corrected chi connectivity index (χ4v) is 4.19. The van der Waals surface area contributed by atoms with Crippen LogP contribution in [0.5, 0.6) is 0 Å². The molecular weight excluding hydrogens is 465 g/mol. The van der Waals surface area contributed by atoms with Gasteiger partial charge in [0.2, 0.25) is 5.82 Å². The molecule has 0 fully saturated rings. The van der Waals surface area contributed by atoms with Crippen molar-refractivity contribution in [2.24, 2.45) is 0 Å². The van der Waals surface area contributed by atoms with Crippen molar-refractivity contribution < 1.29 is 18.8 Å². The van der Waals surface area contributed by atoms with Gasteiger partial charge in [0.05, 0.1) is 16.9 Å². The number of pyridine rings is 1. The van der Waals surface area contributed by atoms with Gasteiger partial charge in [-0.2, -0.15) is 4.98 Å². The summed E-state index contributed by atoms with van der Waals surface area (Å²) in [5.74, 6) is 0.0106. The van der Waals surface area contributed by atoms with Crippen LogP contribution in [0.1, 0.15) is 37.5 Å². The van der Waals surface area contributed by atoms with Gasteiger partial charge in [0, 0.05) is 36.4 Å². The van der Waals surface area contributed by atoms with E-state index in [4.69, 9.17) is 14.6 Å². The van der Waals surface area contributed by atoms with Crippen LogP contribution in [-0.4, -0.2) is 35.8 Å². The number of hydrogen-bond donors (Lipinski definition) is 1. The number of rotatable bonds is 8. The highest BCUT2D eigenvalue weighted by atomic mass is 19.1. The number of nitrogens with zero attached hydrogens (tertiary/aromatic N) is 5. The lowest BCUT2D eigenvalue weighted by molar-refractivity contribution is -0.137. The molecule has 1 N–H and O–H groups in total. The molecule has 0 aliphatic heterocycles. The Morgan fingerprint density at radius 3 is 2.72 bits per heavy atom. The maximum Gasteiger partial charge on any atom is 0.303 e. The van der Waals surface area contributed by atoms with Crippen molar-refractivity contribution in [1.29, 1.82) is 0 Å². The van der Waals surface area contributed by atoms with E-state index in [0.717, 1.165) is 5.56 Å². The van der Waals surface area contributed by atoms with Crippen molar-refractivity contribution in [3.8, 4) is 22.8 Å². The number of carbonyl (C=O) groups is 1. The molecule has 0 spiro atoms. The summed E-state index contributed by atoms with van der Waals surface area (Å²) in [6.45, 7) is 0. The van der Waals surface area contributed by atoms with Gasteiger partial charge in [-0.3, -0.25) is 19.1 Å². The lowest BCUT2D eigenvalue weighted by Gasteiger charge is -2.21. The number of aromatic nitrogens is 5. The van der Waals surface area contributed by atoms with E-state index in [-0.39, 0.29) is 23.8 Å². The predicted molar refractivity (Wildman–Crippen MR) is 130 cm³/mol. The van der Waals surface area contributed by atoms with Gasteiger partial charge in [-0.05, 0) is 55.7 Å². The summed E-state index contributed by atoms with van der Waals surface area (Å²) in [5.41, 5.74) is 1.60. The van der Waals surface area contributed by atoms with E-state index in [9.17, 15) is 14.0 Å². The number of carboxylic acids is 1.